The lowest BCUT2D eigenvalue weighted by atomic mass is 9.97. The van der Waals surface area contributed by atoms with Crippen molar-refractivity contribution < 1.29 is 4.79 Å². The van der Waals surface area contributed by atoms with Crippen LogP contribution < -0.4 is 10.2 Å². The molecule has 2 amide bonds. The molecule has 0 aromatic heterocycles. The summed E-state index contributed by atoms with van der Waals surface area (Å²) in [5.41, 5.74) is 3.63. The van der Waals surface area contributed by atoms with E-state index < -0.39 is 0 Å². The van der Waals surface area contributed by atoms with E-state index in [0.29, 0.717) is 0 Å². The standard InChI is InChI=1S/C25H33ClN4O/c1-28(17-21-6-10-24(11-7-21)30-16-13-27-25(30)31)18-22-3-2-14-29(19-22)15-12-20-4-8-23(26)9-5-20/h4-11,22H,2-3,12-19H2,1H3,(H,27,31)/t22-/m0/s1. The summed E-state index contributed by atoms with van der Waals surface area (Å²) in [6.07, 6.45) is 3.68. The van der Waals surface area contributed by atoms with Crippen molar-refractivity contribution in [1.82, 2.24) is 15.1 Å². The SMILES string of the molecule is CN(Cc1ccc(N2CCNC2=O)cc1)C[C@@H]1CCCN(CCc2ccc(Cl)cc2)C1. The lowest BCUT2D eigenvalue weighted by Crippen LogP contribution is -2.40. The lowest BCUT2D eigenvalue weighted by Gasteiger charge is -2.34. The van der Waals surface area contributed by atoms with Gasteiger partial charge in [0, 0.05) is 50.0 Å². The van der Waals surface area contributed by atoms with E-state index in [1.807, 2.05) is 12.1 Å². The molecule has 0 bridgehead atoms. The maximum absolute atomic E-state index is 11.8. The van der Waals surface area contributed by atoms with Gasteiger partial charge in [-0.25, -0.2) is 4.79 Å². The number of anilines is 1. The summed E-state index contributed by atoms with van der Waals surface area (Å²) in [6.45, 7) is 7.03. The second-order valence-corrected chi connectivity index (χ2v) is 9.37. The molecule has 6 heteroatoms. The van der Waals surface area contributed by atoms with Crippen molar-refractivity contribution in [2.75, 3.05) is 51.2 Å². The van der Waals surface area contributed by atoms with Gasteiger partial charge in [-0.2, -0.15) is 0 Å². The number of carbonyl (C=O) groups excluding carboxylic acids is 1. The summed E-state index contributed by atoms with van der Waals surface area (Å²) in [5, 5.41) is 3.66. The summed E-state index contributed by atoms with van der Waals surface area (Å²) < 4.78 is 0. The average Bonchev–Trinajstić information content (AvgIpc) is 3.20. The molecule has 0 spiro atoms. The van der Waals surface area contributed by atoms with Crippen LogP contribution in [0.25, 0.3) is 0 Å². The second kappa shape index (κ2) is 10.5. The number of hydrogen-bond donors (Lipinski definition) is 1. The molecule has 2 aromatic rings. The molecule has 0 unspecified atom stereocenters. The molecule has 2 aromatic carbocycles. The fraction of sp³-hybridized carbons (Fsp3) is 0.480. The Morgan fingerprint density at radius 2 is 1.81 bits per heavy atom. The van der Waals surface area contributed by atoms with E-state index in [0.717, 1.165) is 55.8 Å². The van der Waals surface area contributed by atoms with Crippen LogP contribution in [-0.2, 0) is 13.0 Å². The Morgan fingerprint density at radius 1 is 1.06 bits per heavy atom. The van der Waals surface area contributed by atoms with Crippen LogP contribution >= 0.6 is 11.6 Å². The summed E-state index contributed by atoms with van der Waals surface area (Å²) in [6, 6.07) is 16.7. The number of rotatable bonds is 8. The first kappa shape index (κ1) is 22.1. The molecule has 0 aliphatic carbocycles. The van der Waals surface area contributed by atoms with Crippen LogP contribution in [-0.4, -0.2) is 62.1 Å². The maximum Gasteiger partial charge on any atom is 0.321 e. The molecular weight excluding hydrogens is 408 g/mol. The van der Waals surface area contributed by atoms with Crippen LogP contribution in [0.5, 0.6) is 0 Å². The summed E-state index contributed by atoms with van der Waals surface area (Å²) in [7, 11) is 2.22. The van der Waals surface area contributed by atoms with E-state index in [1.54, 1.807) is 4.90 Å². The highest BCUT2D eigenvalue weighted by Crippen LogP contribution is 2.21. The van der Waals surface area contributed by atoms with Gasteiger partial charge in [0.1, 0.15) is 0 Å². The molecule has 0 saturated carbocycles. The molecule has 4 rings (SSSR count). The Balaban J connectivity index is 1.23. The van der Waals surface area contributed by atoms with Gasteiger partial charge in [-0.1, -0.05) is 35.9 Å². The summed E-state index contributed by atoms with van der Waals surface area (Å²) in [5.74, 6) is 0.719. The number of halogens is 1. The van der Waals surface area contributed by atoms with Gasteiger partial charge in [0.2, 0.25) is 0 Å². The highest BCUT2D eigenvalue weighted by molar-refractivity contribution is 6.30. The lowest BCUT2D eigenvalue weighted by molar-refractivity contribution is 0.142. The minimum absolute atomic E-state index is 0.00258. The van der Waals surface area contributed by atoms with Crippen LogP contribution in [0.2, 0.25) is 5.02 Å². The van der Waals surface area contributed by atoms with Gasteiger partial charge in [-0.3, -0.25) is 4.90 Å². The molecule has 2 saturated heterocycles. The first-order valence-corrected chi connectivity index (χ1v) is 11.7. The zero-order valence-corrected chi connectivity index (χ0v) is 19.2. The van der Waals surface area contributed by atoms with Gasteiger partial charge in [-0.15, -0.1) is 0 Å². The minimum Gasteiger partial charge on any atom is -0.336 e. The largest absolute Gasteiger partial charge is 0.336 e. The van der Waals surface area contributed by atoms with Gasteiger partial charge in [0.05, 0.1) is 0 Å². The predicted molar refractivity (Wildman–Crippen MR) is 128 cm³/mol. The number of hydrogen-bond acceptors (Lipinski definition) is 3. The van der Waals surface area contributed by atoms with Gasteiger partial charge in [0.25, 0.3) is 0 Å². The number of carbonyl (C=O) groups is 1. The minimum atomic E-state index is 0.00258. The summed E-state index contributed by atoms with van der Waals surface area (Å²) >= 11 is 6.00. The van der Waals surface area contributed by atoms with Crippen molar-refractivity contribution in [3.8, 4) is 0 Å². The number of benzene rings is 2. The Hall–Kier alpha value is -2.08. The third-order valence-corrected chi connectivity index (χ3v) is 6.61. The number of piperidine rings is 1. The van der Waals surface area contributed by atoms with Crippen molar-refractivity contribution >= 4 is 23.3 Å². The van der Waals surface area contributed by atoms with Crippen LogP contribution in [0, 0.1) is 5.92 Å². The van der Waals surface area contributed by atoms with Crippen LogP contribution in [0.3, 0.4) is 0 Å². The Bertz CT molecular complexity index is 855. The molecule has 1 N–H and O–H groups in total. The van der Waals surface area contributed by atoms with E-state index in [-0.39, 0.29) is 6.03 Å². The quantitative estimate of drug-likeness (QED) is 0.666. The van der Waals surface area contributed by atoms with Crippen LogP contribution in [0.15, 0.2) is 48.5 Å². The molecule has 2 heterocycles. The Labute approximate surface area is 191 Å². The van der Waals surface area contributed by atoms with Gasteiger partial charge in [0.15, 0.2) is 0 Å². The van der Waals surface area contributed by atoms with Gasteiger partial charge < -0.3 is 15.1 Å². The zero-order valence-electron chi connectivity index (χ0n) is 18.4. The highest BCUT2D eigenvalue weighted by atomic mass is 35.5. The molecule has 1 atom stereocenters. The Kier molecular flexibility index (Phi) is 7.49. The first-order valence-electron chi connectivity index (χ1n) is 11.4. The molecule has 5 nitrogen and oxygen atoms in total. The Morgan fingerprint density at radius 3 is 2.52 bits per heavy atom. The van der Waals surface area contributed by atoms with Crippen molar-refractivity contribution in [3.63, 3.8) is 0 Å². The smallest absolute Gasteiger partial charge is 0.321 e. The van der Waals surface area contributed by atoms with Gasteiger partial charge >= 0.3 is 6.03 Å². The number of amides is 2. The zero-order chi connectivity index (χ0) is 21.6. The van der Waals surface area contributed by atoms with Crippen molar-refractivity contribution in [3.05, 3.63) is 64.7 Å². The van der Waals surface area contributed by atoms with Crippen molar-refractivity contribution in [2.24, 2.45) is 5.92 Å². The first-order chi connectivity index (χ1) is 15.1. The molecule has 0 radical (unpaired) electrons. The van der Waals surface area contributed by atoms with E-state index in [2.05, 4.69) is 58.6 Å². The predicted octanol–water partition coefficient (Wildman–Crippen LogP) is 4.26. The molecule has 166 valence electrons. The third-order valence-electron chi connectivity index (χ3n) is 6.36. The number of likely N-dealkylation sites (tertiary alicyclic amines) is 1. The molecular formula is C25H33ClN4O. The van der Waals surface area contributed by atoms with Crippen LogP contribution in [0.1, 0.15) is 24.0 Å². The monoisotopic (exact) mass is 440 g/mol. The van der Waals surface area contributed by atoms with Crippen LogP contribution in [0.4, 0.5) is 10.5 Å². The van der Waals surface area contributed by atoms with Gasteiger partial charge in [-0.05, 0) is 74.2 Å². The second-order valence-electron chi connectivity index (χ2n) is 8.93. The number of urea groups is 1. The molecule has 2 aliphatic heterocycles. The van der Waals surface area contributed by atoms with Crippen molar-refractivity contribution in [2.45, 2.75) is 25.8 Å². The fourth-order valence-electron chi connectivity index (χ4n) is 4.76. The van der Waals surface area contributed by atoms with E-state index in [4.69, 9.17) is 11.6 Å². The number of nitrogens with one attached hydrogen (secondary N) is 1. The average molecular weight is 441 g/mol. The highest BCUT2D eigenvalue weighted by Gasteiger charge is 2.22. The topological polar surface area (TPSA) is 38.8 Å². The molecule has 2 aliphatic rings. The van der Waals surface area contributed by atoms with Crippen molar-refractivity contribution in [1.29, 1.82) is 0 Å². The summed E-state index contributed by atoms with van der Waals surface area (Å²) in [4.78, 5) is 18.7. The third kappa shape index (κ3) is 6.22. The van der Waals surface area contributed by atoms with E-state index >= 15 is 0 Å². The molecule has 31 heavy (non-hydrogen) atoms. The fourth-order valence-corrected chi connectivity index (χ4v) is 4.88. The molecule has 2 fully saturated rings. The normalized spacial score (nSPS) is 19.8. The maximum atomic E-state index is 11.8. The van der Waals surface area contributed by atoms with E-state index in [1.165, 1.54) is 37.1 Å². The van der Waals surface area contributed by atoms with E-state index in [9.17, 15) is 4.79 Å². The number of nitrogens with zero attached hydrogens (tertiary/aromatic N) is 3.